The average molecular weight is 248 g/mol. The zero-order valence-corrected chi connectivity index (χ0v) is 10.6. The van der Waals surface area contributed by atoms with Crippen LogP contribution >= 0.6 is 0 Å². The van der Waals surface area contributed by atoms with E-state index >= 15 is 0 Å². The molecule has 1 rings (SSSR count). The number of carbonyl (C=O) groups excluding carboxylic acids is 1. The Bertz CT molecular complexity index is 468. The van der Waals surface area contributed by atoms with Gasteiger partial charge in [0.25, 0.3) is 0 Å². The van der Waals surface area contributed by atoms with Crippen molar-refractivity contribution < 1.29 is 9.18 Å². The van der Waals surface area contributed by atoms with E-state index in [1.54, 1.807) is 26.0 Å². The SMILES string of the molecule is C#CCC(N)C(=O)NCc1cc(C)c(F)c(C)c1. The fourth-order valence-corrected chi connectivity index (χ4v) is 1.68. The fourth-order valence-electron chi connectivity index (χ4n) is 1.68. The highest BCUT2D eigenvalue weighted by Gasteiger charge is 2.12. The van der Waals surface area contributed by atoms with Crippen LogP contribution in [0.3, 0.4) is 0 Å². The second kappa shape index (κ2) is 6.18. The van der Waals surface area contributed by atoms with Crippen molar-refractivity contribution in [3.8, 4) is 12.3 Å². The summed E-state index contributed by atoms with van der Waals surface area (Å²) >= 11 is 0. The van der Waals surface area contributed by atoms with E-state index in [1.807, 2.05) is 0 Å². The second-order valence-corrected chi connectivity index (χ2v) is 4.28. The highest BCUT2D eigenvalue weighted by Crippen LogP contribution is 2.14. The van der Waals surface area contributed by atoms with Crippen LogP contribution in [0.25, 0.3) is 0 Å². The van der Waals surface area contributed by atoms with Gasteiger partial charge in [-0.25, -0.2) is 4.39 Å². The summed E-state index contributed by atoms with van der Waals surface area (Å²) < 4.78 is 13.4. The first kappa shape index (κ1) is 14.2. The number of hydrogen-bond acceptors (Lipinski definition) is 2. The predicted molar refractivity (Wildman–Crippen MR) is 69.1 cm³/mol. The molecule has 3 nitrogen and oxygen atoms in total. The minimum Gasteiger partial charge on any atom is -0.351 e. The minimum atomic E-state index is -0.697. The van der Waals surface area contributed by atoms with Crippen molar-refractivity contribution >= 4 is 5.91 Å². The van der Waals surface area contributed by atoms with Crippen LogP contribution in [0, 0.1) is 32.0 Å². The predicted octanol–water partition coefficient (Wildman–Crippen LogP) is 1.41. The Morgan fingerprint density at radius 3 is 2.56 bits per heavy atom. The lowest BCUT2D eigenvalue weighted by Crippen LogP contribution is -2.39. The standard InChI is InChI=1S/C14H17FN2O/c1-4-5-12(16)14(18)17-8-11-6-9(2)13(15)10(3)7-11/h1,6-7,12H,5,8,16H2,2-3H3,(H,17,18). The molecule has 0 bridgehead atoms. The Balaban J connectivity index is 2.65. The van der Waals surface area contributed by atoms with Crippen LogP contribution in [0.1, 0.15) is 23.1 Å². The molecule has 1 aromatic rings. The van der Waals surface area contributed by atoms with Crippen molar-refractivity contribution in [1.82, 2.24) is 5.32 Å². The molecule has 0 aliphatic rings. The molecule has 0 saturated carbocycles. The number of nitrogens with two attached hydrogens (primary N) is 1. The summed E-state index contributed by atoms with van der Waals surface area (Å²) in [6.45, 7) is 3.70. The Kier molecular flexibility index (Phi) is 4.87. The van der Waals surface area contributed by atoms with Gasteiger partial charge >= 0.3 is 0 Å². The maximum atomic E-state index is 13.4. The van der Waals surface area contributed by atoms with Crippen molar-refractivity contribution in [2.24, 2.45) is 5.73 Å². The largest absolute Gasteiger partial charge is 0.351 e. The Morgan fingerprint density at radius 2 is 2.06 bits per heavy atom. The average Bonchev–Trinajstić information content (AvgIpc) is 2.33. The summed E-state index contributed by atoms with van der Waals surface area (Å²) in [6.07, 6.45) is 5.28. The summed E-state index contributed by atoms with van der Waals surface area (Å²) in [6, 6.07) is 2.71. The summed E-state index contributed by atoms with van der Waals surface area (Å²) in [5, 5.41) is 2.68. The lowest BCUT2D eigenvalue weighted by molar-refractivity contribution is -0.122. The van der Waals surface area contributed by atoms with E-state index in [2.05, 4.69) is 11.2 Å². The number of benzene rings is 1. The molecular weight excluding hydrogens is 231 g/mol. The van der Waals surface area contributed by atoms with Gasteiger partial charge in [-0.2, -0.15) is 0 Å². The van der Waals surface area contributed by atoms with E-state index in [0.717, 1.165) is 5.56 Å². The molecular formula is C14H17FN2O. The minimum absolute atomic E-state index is 0.202. The molecule has 96 valence electrons. The topological polar surface area (TPSA) is 55.1 Å². The normalized spacial score (nSPS) is 11.7. The fraction of sp³-hybridized carbons (Fsp3) is 0.357. The van der Waals surface area contributed by atoms with Crippen molar-refractivity contribution in [3.63, 3.8) is 0 Å². The molecule has 1 aromatic carbocycles. The Hall–Kier alpha value is -1.86. The molecule has 0 fully saturated rings. The summed E-state index contributed by atoms with van der Waals surface area (Å²) in [4.78, 5) is 11.5. The van der Waals surface area contributed by atoms with Crippen LogP contribution in [-0.4, -0.2) is 11.9 Å². The zero-order chi connectivity index (χ0) is 13.7. The Labute approximate surface area is 107 Å². The van der Waals surface area contributed by atoms with Crippen molar-refractivity contribution in [3.05, 3.63) is 34.6 Å². The van der Waals surface area contributed by atoms with Gasteiger partial charge in [-0.15, -0.1) is 12.3 Å². The van der Waals surface area contributed by atoms with Crippen LogP contribution in [0.15, 0.2) is 12.1 Å². The summed E-state index contributed by atoms with van der Waals surface area (Å²) in [5.41, 5.74) is 7.53. The van der Waals surface area contributed by atoms with E-state index in [0.29, 0.717) is 17.7 Å². The summed E-state index contributed by atoms with van der Waals surface area (Å²) in [7, 11) is 0. The van der Waals surface area contributed by atoms with Gasteiger partial charge in [-0.1, -0.05) is 12.1 Å². The van der Waals surface area contributed by atoms with Gasteiger partial charge in [0.05, 0.1) is 6.04 Å². The first-order valence-corrected chi connectivity index (χ1v) is 5.68. The molecule has 0 aliphatic heterocycles. The number of carbonyl (C=O) groups is 1. The molecule has 4 heteroatoms. The highest BCUT2D eigenvalue weighted by molar-refractivity contribution is 5.81. The van der Waals surface area contributed by atoms with Crippen molar-refractivity contribution in [2.45, 2.75) is 32.9 Å². The molecule has 0 radical (unpaired) electrons. The molecule has 3 N–H and O–H groups in total. The third-order valence-corrected chi connectivity index (χ3v) is 2.64. The smallest absolute Gasteiger partial charge is 0.238 e. The quantitative estimate of drug-likeness (QED) is 0.792. The van der Waals surface area contributed by atoms with Crippen LogP contribution in [0.4, 0.5) is 4.39 Å². The maximum Gasteiger partial charge on any atom is 0.238 e. The van der Waals surface area contributed by atoms with Gasteiger partial charge < -0.3 is 11.1 Å². The molecule has 1 atom stereocenters. The molecule has 1 amide bonds. The number of amides is 1. The van der Waals surface area contributed by atoms with Gasteiger partial charge in [0.2, 0.25) is 5.91 Å². The Morgan fingerprint density at radius 1 is 1.50 bits per heavy atom. The first-order chi connectivity index (χ1) is 8.45. The number of hydrogen-bond donors (Lipinski definition) is 2. The van der Waals surface area contributed by atoms with E-state index in [9.17, 15) is 9.18 Å². The molecule has 18 heavy (non-hydrogen) atoms. The zero-order valence-electron chi connectivity index (χ0n) is 10.6. The molecule has 1 unspecified atom stereocenters. The van der Waals surface area contributed by atoms with Crippen LogP contribution in [-0.2, 0) is 11.3 Å². The number of rotatable bonds is 4. The molecule has 0 spiro atoms. The summed E-state index contributed by atoms with van der Waals surface area (Å²) in [5.74, 6) is 1.82. The van der Waals surface area contributed by atoms with Crippen LogP contribution in [0.5, 0.6) is 0 Å². The lowest BCUT2D eigenvalue weighted by atomic mass is 10.1. The van der Waals surface area contributed by atoms with E-state index in [1.165, 1.54) is 0 Å². The third kappa shape index (κ3) is 3.57. The van der Waals surface area contributed by atoms with E-state index < -0.39 is 6.04 Å². The van der Waals surface area contributed by atoms with Gasteiger partial charge in [-0.05, 0) is 30.5 Å². The van der Waals surface area contributed by atoms with Gasteiger partial charge in [-0.3, -0.25) is 4.79 Å². The first-order valence-electron chi connectivity index (χ1n) is 5.68. The van der Waals surface area contributed by atoms with Gasteiger partial charge in [0.15, 0.2) is 0 Å². The van der Waals surface area contributed by atoms with Gasteiger partial charge in [0.1, 0.15) is 5.82 Å². The van der Waals surface area contributed by atoms with Crippen molar-refractivity contribution in [1.29, 1.82) is 0 Å². The number of terminal acetylenes is 1. The monoisotopic (exact) mass is 248 g/mol. The number of halogens is 1. The highest BCUT2D eigenvalue weighted by atomic mass is 19.1. The molecule has 0 saturated heterocycles. The maximum absolute atomic E-state index is 13.4. The number of aryl methyl sites for hydroxylation is 2. The van der Waals surface area contributed by atoms with E-state index in [-0.39, 0.29) is 18.1 Å². The molecule has 0 aliphatic carbocycles. The third-order valence-electron chi connectivity index (χ3n) is 2.64. The van der Waals surface area contributed by atoms with Crippen molar-refractivity contribution in [2.75, 3.05) is 0 Å². The molecule has 0 heterocycles. The molecule has 0 aromatic heterocycles. The lowest BCUT2D eigenvalue weighted by Gasteiger charge is -2.11. The second-order valence-electron chi connectivity index (χ2n) is 4.28. The van der Waals surface area contributed by atoms with Crippen LogP contribution in [0.2, 0.25) is 0 Å². The number of nitrogens with one attached hydrogen (secondary N) is 1. The van der Waals surface area contributed by atoms with E-state index in [4.69, 9.17) is 12.2 Å². The van der Waals surface area contributed by atoms with Crippen LogP contribution < -0.4 is 11.1 Å². The van der Waals surface area contributed by atoms with Gasteiger partial charge in [0, 0.05) is 13.0 Å².